The van der Waals surface area contributed by atoms with Gasteiger partial charge in [0.25, 0.3) is 0 Å². The quantitative estimate of drug-likeness (QED) is 0.826. The predicted molar refractivity (Wildman–Crippen MR) is 72.3 cm³/mol. The van der Waals surface area contributed by atoms with Gasteiger partial charge in [0.15, 0.2) is 0 Å². The summed E-state index contributed by atoms with van der Waals surface area (Å²) in [5.74, 6) is 0.418. The Balaban J connectivity index is 2.56. The molecule has 0 saturated carbocycles. The van der Waals surface area contributed by atoms with E-state index in [1.165, 1.54) is 0 Å². The normalized spacial score (nSPS) is 12.5. The largest absolute Gasteiger partial charge is 0.329 e. The van der Waals surface area contributed by atoms with Crippen LogP contribution in [-0.4, -0.2) is 33.2 Å². The number of rotatable bonds is 5. The zero-order chi connectivity index (χ0) is 13.0. The van der Waals surface area contributed by atoms with Gasteiger partial charge in [0, 0.05) is 18.8 Å². The molecule has 17 heavy (non-hydrogen) atoms. The SMILES string of the molecule is Cc1nn(C)c(C)c1NC(=O)CSC(C)CN. The molecule has 0 aliphatic carbocycles. The van der Waals surface area contributed by atoms with Crippen LogP contribution in [0.4, 0.5) is 5.69 Å². The van der Waals surface area contributed by atoms with Crippen LogP contribution < -0.4 is 11.1 Å². The lowest BCUT2D eigenvalue weighted by molar-refractivity contribution is -0.113. The molecule has 3 N–H and O–H groups in total. The highest BCUT2D eigenvalue weighted by atomic mass is 32.2. The van der Waals surface area contributed by atoms with Crippen LogP contribution in [0.3, 0.4) is 0 Å². The highest BCUT2D eigenvalue weighted by molar-refractivity contribution is 8.00. The highest BCUT2D eigenvalue weighted by Crippen LogP contribution is 2.19. The van der Waals surface area contributed by atoms with Gasteiger partial charge >= 0.3 is 0 Å². The summed E-state index contributed by atoms with van der Waals surface area (Å²) in [7, 11) is 1.86. The Bertz CT molecular complexity index is 402. The van der Waals surface area contributed by atoms with Gasteiger partial charge in [-0.25, -0.2) is 0 Å². The molecule has 0 fully saturated rings. The Labute approximate surface area is 106 Å². The van der Waals surface area contributed by atoms with Crippen LogP contribution in [0.2, 0.25) is 0 Å². The van der Waals surface area contributed by atoms with Gasteiger partial charge in [-0.1, -0.05) is 6.92 Å². The fraction of sp³-hybridized carbons (Fsp3) is 0.636. The van der Waals surface area contributed by atoms with Gasteiger partial charge < -0.3 is 11.1 Å². The molecule has 1 unspecified atom stereocenters. The van der Waals surface area contributed by atoms with Crippen LogP contribution in [0, 0.1) is 13.8 Å². The molecule has 0 spiro atoms. The van der Waals surface area contributed by atoms with E-state index in [9.17, 15) is 4.79 Å². The van der Waals surface area contributed by atoms with Crippen molar-refractivity contribution in [3.8, 4) is 0 Å². The van der Waals surface area contributed by atoms with Crippen molar-refractivity contribution < 1.29 is 4.79 Å². The topological polar surface area (TPSA) is 72.9 Å². The molecule has 1 heterocycles. The molecule has 0 radical (unpaired) electrons. The lowest BCUT2D eigenvalue weighted by atomic mass is 10.3. The summed E-state index contributed by atoms with van der Waals surface area (Å²) < 4.78 is 1.76. The minimum Gasteiger partial charge on any atom is -0.329 e. The van der Waals surface area contributed by atoms with E-state index in [0.29, 0.717) is 17.5 Å². The number of aromatic nitrogens is 2. The fourth-order valence-corrected chi connectivity index (χ4v) is 2.06. The maximum absolute atomic E-state index is 11.7. The molecule has 1 amide bonds. The van der Waals surface area contributed by atoms with Gasteiger partial charge in [-0.2, -0.15) is 5.10 Å². The number of anilines is 1. The standard InChI is InChI=1S/C11H20N4OS/c1-7(5-12)17-6-10(16)13-11-8(2)14-15(4)9(11)3/h7H,5-6,12H2,1-4H3,(H,13,16). The van der Waals surface area contributed by atoms with Crippen LogP contribution in [0.25, 0.3) is 0 Å². The first-order valence-corrected chi connectivity index (χ1v) is 6.62. The molecule has 96 valence electrons. The smallest absolute Gasteiger partial charge is 0.234 e. The number of hydrogen-bond acceptors (Lipinski definition) is 4. The molecule has 0 aromatic carbocycles. The number of hydrogen-bond donors (Lipinski definition) is 2. The van der Waals surface area contributed by atoms with Crippen LogP contribution in [0.1, 0.15) is 18.3 Å². The third kappa shape index (κ3) is 3.74. The van der Waals surface area contributed by atoms with Crippen LogP contribution in [0.15, 0.2) is 0 Å². The van der Waals surface area contributed by atoms with E-state index in [-0.39, 0.29) is 5.91 Å². The first-order chi connectivity index (χ1) is 7.95. The van der Waals surface area contributed by atoms with Crippen molar-refractivity contribution in [1.82, 2.24) is 9.78 Å². The second-order valence-electron chi connectivity index (χ2n) is 4.07. The summed E-state index contributed by atoms with van der Waals surface area (Å²) in [5, 5.41) is 7.45. The monoisotopic (exact) mass is 256 g/mol. The van der Waals surface area contributed by atoms with Gasteiger partial charge in [-0.3, -0.25) is 9.48 Å². The summed E-state index contributed by atoms with van der Waals surface area (Å²) in [6.45, 7) is 6.42. The third-order valence-electron chi connectivity index (χ3n) is 2.60. The van der Waals surface area contributed by atoms with Gasteiger partial charge in [-0.05, 0) is 13.8 Å². The Hall–Kier alpha value is -1.01. The lowest BCUT2D eigenvalue weighted by Gasteiger charge is -2.08. The minimum atomic E-state index is -0.00509. The number of amides is 1. The third-order valence-corrected chi connectivity index (χ3v) is 3.79. The van der Waals surface area contributed by atoms with Crippen LogP contribution in [0.5, 0.6) is 0 Å². The minimum absolute atomic E-state index is 0.00509. The molecular formula is C11H20N4OS. The number of nitrogens with one attached hydrogen (secondary N) is 1. The fourth-order valence-electron chi connectivity index (χ4n) is 1.42. The van der Waals surface area contributed by atoms with Crippen molar-refractivity contribution in [2.75, 3.05) is 17.6 Å². The van der Waals surface area contributed by atoms with Crippen LogP contribution >= 0.6 is 11.8 Å². The Morgan fingerprint density at radius 1 is 1.59 bits per heavy atom. The second-order valence-corrected chi connectivity index (χ2v) is 5.50. The number of nitrogens with two attached hydrogens (primary N) is 1. The van der Waals surface area contributed by atoms with E-state index >= 15 is 0 Å². The lowest BCUT2D eigenvalue weighted by Crippen LogP contribution is -2.19. The molecule has 0 aliphatic rings. The van der Waals surface area contributed by atoms with Crippen molar-refractivity contribution >= 4 is 23.4 Å². The van der Waals surface area contributed by atoms with E-state index in [0.717, 1.165) is 17.1 Å². The molecule has 5 nitrogen and oxygen atoms in total. The maximum atomic E-state index is 11.7. The zero-order valence-electron chi connectivity index (χ0n) is 10.8. The molecule has 0 bridgehead atoms. The molecule has 0 aliphatic heterocycles. The Morgan fingerprint density at radius 2 is 2.24 bits per heavy atom. The zero-order valence-corrected chi connectivity index (χ0v) is 11.6. The van der Waals surface area contributed by atoms with Crippen molar-refractivity contribution in [1.29, 1.82) is 0 Å². The van der Waals surface area contributed by atoms with E-state index < -0.39 is 0 Å². The summed E-state index contributed by atoms with van der Waals surface area (Å²) in [5.41, 5.74) is 8.12. The van der Waals surface area contributed by atoms with Crippen molar-refractivity contribution in [3.05, 3.63) is 11.4 Å². The van der Waals surface area contributed by atoms with Crippen molar-refractivity contribution in [3.63, 3.8) is 0 Å². The first-order valence-electron chi connectivity index (χ1n) is 5.57. The molecule has 1 atom stereocenters. The molecule has 1 rings (SSSR count). The van der Waals surface area contributed by atoms with Crippen molar-refractivity contribution in [2.24, 2.45) is 12.8 Å². The molecule has 1 aromatic heterocycles. The molecule has 1 aromatic rings. The molecule has 6 heteroatoms. The van der Waals surface area contributed by atoms with Gasteiger partial charge in [0.05, 0.1) is 22.8 Å². The number of carbonyl (C=O) groups excluding carboxylic acids is 1. The Kier molecular flexibility index (Phi) is 5.02. The second kappa shape index (κ2) is 6.07. The summed E-state index contributed by atoms with van der Waals surface area (Å²) in [6.07, 6.45) is 0. The van der Waals surface area contributed by atoms with E-state index in [1.807, 2.05) is 27.8 Å². The Morgan fingerprint density at radius 3 is 2.71 bits per heavy atom. The van der Waals surface area contributed by atoms with Crippen molar-refractivity contribution in [2.45, 2.75) is 26.0 Å². The average molecular weight is 256 g/mol. The predicted octanol–water partition coefficient (Wildman–Crippen LogP) is 1.06. The number of aryl methyl sites for hydroxylation is 2. The number of nitrogens with zero attached hydrogens (tertiary/aromatic N) is 2. The summed E-state index contributed by atoms with van der Waals surface area (Å²) in [4.78, 5) is 11.7. The van der Waals surface area contributed by atoms with Gasteiger partial charge in [0.1, 0.15) is 0 Å². The van der Waals surface area contributed by atoms with E-state index in [4.69, 9.17) is 5.73 Å². The average Bonchev–Trinajstić information content (AvgIpc) is 2.53. The molecule has 0 saturated heterocycles. The van der Waals surface area contributed by atoms with Gasteiger partial charge in [0.2, 0.25) is 5.91 Å². The highest BCUT2D eigenvalue weighted by Gasteiger charge is 2.13. The maximum Gasteiger partial charge on any atom is 0.234 e. The van der Waals surface area contributed by atoms with E-state index in [1.54, 1.807) is 16.4 Å². The number of thioether (sulfide) groups is 1. The van der Waals surface area contributed by atoms with Gasteiger partial charge in [-0.15, -0.1) is 11.8 Å². The van der Waals surface area contributed by atoms with E-state index in [2.05, 4.69) is 10.4 Å². The van der Waals surface area contributed by atoms with Crippen LogP contribution in [-0.2, 0) is 11.8 Å². The summed E-state index contributed by atoms with van der Waals surface area (Å²) in [6, 6.07) is 0. The molecular weight excluding hydrogens is 236 g/mol. The summed E-state index contributed by atoms with van der Waals surface area (Å²) >= 11 is 1.56. The first kappa shape index (κ1) is 14.1. The number of carbonyl (C=O) groups is 1.